The van der Waals surface area contributed by atoms with Crippen molar-refractivity contribution in [2.45, 2.75) is 45.1 Å². The third-order valence-electron chi connectivity index (χ3n) is 3.72. The van der Waals surface area contributed by atoms with Crippen LogP contribution in [-0.4, -0.2) is 5.91 Å². The summed E-state index contributed by atoms with van der Waals surface area (Å²) >= 11 is 7.36. The highest BCUT2D eigenvalue weighted by Crippen LogP contribution is 2.37. The molecule has 2 rings (SSSR count). The van der Waals surface area contributed by atoms with Crippen molar-refractivity contribution in [1.82, 2.24) is 5.32 Å². The molecule has 1 aliphatic carbocycles. The van der Waals surface area contributed by atoms with E-state index >= 15 is 0 Å². The first kappa shape index (κ1) is 14.4. The van der Waals surface area contributed by atoms with Crippen LogP contribution in [0.1, 0.15) is 49.9 Å². The van der Waals surface area contributed by atoms with Crippen molar-refractivity contribution >= 4 is 28.8 Å². The minimum absolute atomic E-state index is 0.0999. The van der Waals surface area contributed by atoms with E-state index in [0.29, 0.717) is 17.2 Å². The van der Waals surface area contributed by atoms with Gasteiger partial charge in [-0.1, -0.05) is 30.9 Å². The highest BCUT2D eigenvalue weighted by molar-refractivity contribution is 7.16. The summed E-state index contributed by atoms with van der Waals surface area (Å²) in [6, 6.07) is 5.88. The fourth-order valence-corrected chi connectivity index (χ4v) is 3.58. The topological polar surface area (TPSA) is 52.9 Å². The Morgan fingerprint density at radius 2 is 2.16 bits per heavy atom. The van der Waals surface area contributed by atoms with E-state index in [1.54, 1.807) is 0 Å². The number of rotatable bonds is 3. The molecule has 0 aliphatic heterocycles. The van der Waals surface area contributed by atoms with Crippen LogP contribution in [0.5, 0.6) is 0 Å². The predicted molar refractivity (Wildman–Crippen MR) is 77.0 cm³/mol. The Balaban J connectivity index is 2.05. The summed E-state index contributed by atoms with van der Waals surface area (Å²) in [5.74, 6) is -0.133. The number of nitrogens with zero attached hydrogens (tertiary/aromatic N) is 1. The van der Waals surface area contributed by atoms with Crippen molar-refractivity contribution in [2.75, 3.05) is 0 Å². The summed E-state index contributed by atoms with van der Waals surface area (Å²) in [7, 11) is 0. The zero-order valence-electron chi connectivity index (χ0n) is 10.9. The van der Waals surface area contributed by atoms with Gasteiger partial charge in [-0.2, -0.15) is 5.26 Å². The number of hydrogen-bond donors (Lipinski definition) is 1. The molecule has 1 N–H and O–H groups in total. The van der Waals surface area contributed by atoms with Crippen LogP contribution in [0.2, 0.25) is 4.34 Å². The Labute approximate surface area is 122 Å². The lowest BCUT2D eigenvalue weighted by molar-refractivity contribution is -0.130. The molecule has 0 bridgehead atoms. The SMILES string of the molecule is CC(NC(=O)C1(C#N)CCCCC1)c1ccc(Cl)s1. The van der Waals surface area contributed by atoms with Gasteiger partial charge in [-0.05, 0) is 31.9 Å². The quantitative estimate of drug-likeness (QED) is 0.914. The molecule has 1 amide bonds. The van der Waals surface area contributed by atoms with Crippen molar-refractivity contribution in [1.29, 1.82) is 5.26 Å². The molecule has 0 radical (unpaired) electrons. The lowest BCUT2D eigenvalue weighted by atomic mass is 9.74. The zero-order chi connectivity index (χ0) is 13.9. The summed E-state index contributed by atoms with van der Waals surface area (Å²) in [4.78, 5) is 13.4. The largest absolute Gasteiger partial charge is 0.347 e. The number of thiophene rings is 1. The van der Waals surface area contributed by atoms with Crippen LogP contribution in [0.3, 0.4) is 0 Å². The monoisotopic (exact) mass is 296 g/mol. The maximum Gasteiger partial charge on any atom is 0.240 e. The Morgan fingerprint density at radius 1 is 1.47 bits per heavy atom. The van der Waals surface area contributed by atoms with E-state index < -0.39 is 5.41 Å². The minimum Gasteiger partial charge on any atom is -0.347 e. The summed E-state index contributed by atoms with van der Waals surface area (Å²) < 4.78 is 0.712. The van der Waals surface area contributed by atoms with Gasteiger partial charge in [0.05, 0.1) is 16.4 Å². The lowest BCUT2D eigenvalue weighted by Crippen LogP contribution is -2.42. The first-order valence-corrected chi connectivity index (χ1v) is 7.74. The van der Waals surface area contributed by atoms with Crippen molar-refractivity contribution in [3.8, 4) is 6.07 Å². The molecule has 1 aromatic rings. The average Bonchev–Trinajstić information content (AvgIpc) is 2.86. The molecule has 0 spiro atoms. The van der Waals surface area contributed by atoms with Crippen molar-refractivity contribution < 1.29 is 4.79 Å². The fraction of sp³-hybridized carbons (Fsp3) is 0.571. The van der Waals surface area contributed by atoms with Crippen LogP contribution in [0.4, 0.5) is 0 Å². The van der Waals surface area contributed by atoms with Gasteiger partial charge in [-0.3, -0.25) is 4.79 Å². The molecule has 5 heteroatoms. The van der Waals surface area contributed by atoms with Gasteiger partial charge in [0.2, 0.25) is 5.91 Å². The smallest absolute Gasteiger partial charge is 0.240 e. The summed E-state index contributed by atoms with van der Waals surface area (Å²) in [6.07, 6.45) is 4.38. The molecule has 0 saturated heterocycles. The number of amides is 1. The molecular formula is C14H17ClN2OS. The van der Waals surface area contributed by atoms with Crippen LogP contribution < -0.4 is 5.32 Å². The molecule has 1 atom stereocenters. The average molecular weight is 297 g/mol. The summed E-state index contributed by atoms with van der Waals surface area (Å²) in [5.41, 5.74) is -0.826. The van der Waals surface area contributed by atoms with Crippen LogP contribution in [0.25, 0.3) is 0 Å². The van der Waals surface area contributed by atoms with E-state index in [0.717, 1.165) is 24.1 Å². The summed E-state index contributed by atoms with van der Waals surface area (Å²) in [6.45, 7) is 1.92. The maximum atomic E-state index is 12.4. The van der Waals surface area contributed by atoms with E-state index in [1.807, 2.05) is 19.1 Å². The predicted octanol–water partition coefficient (Wildman–Crippen LogP) is 4.05. The third kappa shape index (κ3) is 3.10. The summed E-state index contributed by atoms with van der Waals surface area (Å²) in [5, 5.41) is 12.3. The van der Waals surface area contributed by atoms with Crippen molar-refractivity contribution in [2.24, 2.45) is 5.41 Å². The van der Waals surface area contributed by atoms with E-state index in [9.17, 15) is 10.1 Å². The minimum atomic E-state index is -0.826. The van der Waals surface area contributed by atoms with Crippen molar-refractivity contribution in [3.05, 3.63) is 21.3 Å². The molecular weight excluding hydrogens is 280 g/mol. The second-order valence-electron chi connectivity index (χ2n) is 5.09. The molecule has 1 fully saturated rings. The zero-order valence-corrected chi connectivity index (χ0v) is 12.5. The van der Waals surface area contributed by atoms with Crippen LogP contribution in [0, 0.1) is 16.7 Å². The Hall–Kier alpha value is -1.05. The second-order valence-corrected chi connectivity index (χ2v) is 6.84. The Kier molecular flexibility index (Phi) is 4.49. The van der Waals surface area contributed by atoms with Crippen molar-refractivity contribution in [3.63, 3.8) is 0 Å². The van der Waals surface area contributed by atoms with E-state index in [-0.39, 0.29) is 11.9 Å². The molecule has 1 aromatic heterocycles. The Morgan fingerprint density at radius 3 is 2.68 bits per heavy atom. The molecule has 1 heterocycles. The van der Waals surface area contributed by atoms with Crippen LogP contribution in [-0.2, 0) is 4.79 Å². The first-order chi connectivity index (χ1) is 9.07. The lowest BCUT2D eigenvalue weighted by Gasteiger charge is -2.30. The highest BCUT2D eigenvalue weighted by atomic mass is 35.5. The molecule has 3 nitrogen and oxygen atoms in total. The molecule has 19 heavy (non-hydrogen) atoms. The number of carbonyl (C=O) groups excluding carboxylic acids is 1. The third-order valence-corrected chi connectivity index (χ3v) is 5.14. The van der Waals surface area contributed by atoms with Gasteiger partial charge in [0.25, 0.3) is 0 Å². The van der Waals surface area contributed by atoms with Gasteiger partial charge >= 0.3 is 0 Å². The normalized spacial score (nSPS) is 19.4. The molecule has 1 aliphatic rings. The number of hydrogen-bond acceptors (Lipinski definition) is 3. The molecule has 0 aromatic carbocycles. The molecule has 102 valence electrons. The molecule has 1 saturated carbocycles. The van der Waals surface area contributed by atoms with E-state index in [1.165, 1.54) is 11.3 Å². The number of carbonyl (C=O) groups is 1. The van der Waals surface area contributed by atoms with Gasteiger partial charge in [-0.15, -0.1) is 11.3 Å². The number of nitriles is 1. The van der Waals surface area contributed by atoms with E-state index in [2.05, 4.69) is 11.4 Å². The highest BCUT2D eigenvalue weighted by Gasteiger charge is 2.40. The van der Waals surface area contributed by atoms with Gasteiger partial charge in [-0.25, -0.2) is 0 Å². The van der Waals surface area contributed by atoms with Gasteiger partial charge in [0.1, 0.15) is 5.41 Å². The fourth-order valence-electron chi connectivity index (χ4n) is 2.51. The number of nitrogens with one attached hydrogen (secondary N) is 1. The van der Waals surface area contributed by atoms with Gasteiger partial charge in [0, 0.05) is 4.88 Å². The van der Waals surface area contributed by atoms with E-state index in [4.69, 9.17) is 11.6 Å². The standard InChI is InChI=1S/C14H17ClN2OS/c1-10(11-5-6-12(15)19-11)17-13(18)14(9-16)7-3-2-4-8-14/h5-6,10H,2-4,7-8H2,1H3,(H,17,18). The van der Waals surface area contributed by atoms with Gasteiger partial charge < -0.3 is 5.32 Å². The second kappa shape index (κ2) is 5.94. The van der Waals surface area contributed by atoms with Crippen LogP contribution >= 0.6 is 22.9 Å². The van der Waals surface area contributed by atoms with Gasteiger partial charge in [0.15, 0.2) is 0 Å². The number of halogens is 1. The maximum absolute atomic E-state index is 12.4. The first-order valence-electron chi connectivity index (χ1n) is 6.55. The Bertz CT molecular complexity index is 500. The molecule has 1 unspecified atom stereocenters. The van der Waals surface area contributed by atoms with Crippen LogP contribution in [0.15, 0.2) is 12.1 Å².